The lowest BCUT2D eigenvalue weighted by Crippen LogP contribution is -2.24. The summed E-state index contributed by atoms with van der Waals surface area (Å²) in [5.74, 6) is -0.458. The number of pyridine rings is 1. The van der Waals surface area contributed by atoms with Crippen LogP contribution in [0.25, 0.3) is 11.1 Å². The number of hydrogen-bond acceptors (Lipinski definition) is 4. The lowest BCUT2D eigenvalue weighted by Gasteiger charge is -2.24. The van der Waals surface area contributed by atoms with Crippen molar-refractivity contribution in [3.8, 4) is 11.1 Å². The number of aliphatic imine (C=N–C) groups is 1. The second kappa shape index (κ2) is 5.58. The van der Waals surface area contributed by atoms with Crippen molar-refractivity contribution in [2.45, 2.75) is 0 Å². The van der Waals surface area contributed by atoms with Crippen LogP contribution >= 0.6 is 0 Å². The van der Waals surface area contributed by atoms with Crippen LogP contribution in [0.2, 0.25) is 0 Å². The van der Waals surface area contributed by atoms with Crippen LogP contribution in [0.1, 0.15) is 10.4 Å². The minimum absolute atomic E-state index is 0.458. The molecule has 21 heavy (non-hydrogen) atoms. The van der Waals surface area contributed by atoms with E-state index in [2.05, 4.69) is 9.98 Å². The van der Waals surface area contributed by atoms with Gasteiger partial charge in [-0.15, -0.1) is 0 Å². The molecule has 1 aliphatic heterocycles. The van der Waals surface area contributed by atoms with Crippen molar-refractivity contribution < 1.29 is 4.79 Å². The molecule has 1 aliphatic rings. The number of rotatable bonds is 3. The number of carbonyl (C=O) groups is 1. The SMILES string of the molecule is NC(=O)c1cccc(N2C=NC=CC2)c1-c1cccnc1. The summed E-state index contributed by atoms with van der Waals surface area (Å²) < 4.78 is 0. The Morgan fingerprint density at radius 1 is 1.24 bits per heavy atom. The summed E-state index contributed by atoms with van der Waals surface area (Å²) in [6.45, 7) is 0.693. The van der Waals surface area contributed by atoms with Gasteiger partial charge in [0.2, 0.25) is 5.91 Å². The highest BCUT2D eigenvalue weighted by Gasteiger charge is 2.18. The van der Waals surface area contributed by atoms with E-state index in [0.717, 1.165) is 16.8 Å². The maximum Gasteiger partial charge on any atom is 0.249 e. The molecule has 5 heteroatoms. The van der Waals surface area contributed by atoms with Crippen molar-refractivity contribution in [3.63, 3.8) is 0 Å². The summed E-state index contributed by atoms with van der Waals surface area (Å²) in [4.78, 5) is 22.0. The molecule has 104 valence electrons. The zero-order chi connectivity index (χ0) is 14.7. The van der Waals surface area contributed by atoms with Crippen molar-refractivity contribution in [1.82, 2.24) is 4.98 Å². The minimum atomic E-state index is -0.458. The van der Waals surface area contributed by atoms with Crippen molar-refractivity contribution in [1.29, 1.82) is 0 Å². The van der Waals surface area contributed by atoms with Gasteiger partial charge in [-0.1, -0.05) is 12.1 Å². The van der Waals surface area contributed by atoms with Gasteiger partial charge in [0, 0.05) is 41.8 Å². The first-order valence-corrected chi connectivity index (χ1v) is 6.55. The van der Waals surface area contributed by atoms with Crippen molar-refractivity contribution >= 4 is 17.9 Å². The molecule has 0 radical (unpaired) electrons. The predicted octanol–water partition coefficient (Wildman–Crippen LogP) is 2.21. The van der Waals surface area contributed by atoms with E-state index in [-0.39, 0.29) is 0 Å². The molecule has 0 fully saturated rings. The second-order valence-electron chi connectivity index (χ2n) is 4.61. The van der Waals surface area contributed by atoms with E-state index < -0.39 is 5.91 Å². The third-order valence-electron chi connectivity index (χ3n) is 3.27. The van der Waals surface area contributed by atoms with Crippen LogP contribution < -0.4 is 10.6 Å². The first kappa shape index (κ1) is 13.1. The van der Waals surface area contributed by atoms with E-state index in [4.69, 9.17) is 5.73 Å². The predicted molar refractivity (Wildman–Crippen MR) is 83.2 cm³/mol. The van der Waals surface area contributed by atoms with Gasteiger partial charge in [0.1, 0.15) is 0 Å². The van der Waals surface area contributed by atoms with E-state index in [1.54, 1.807) is 31.0 Å². The van der Waals surface area contributed by atoms with Crippen molar-refractivity contribution in [2.75, 3.05) is 11.4 Å². The van der Waals surface area contributed by atoms with Crippen molar-refractivity contribution in [2.24, 2.45) is 10.7 Å². The lowest BCUT2D eigenvalue weighted by molar-refractivity contribution is 0.100. The number of primary amides is 1. The van der Waals surface area contributed by atoms with Crippen LogP contribution in [0.5, 0.6) is 0 Å². The first-order chi connectivity index (χ1) is 10.3. The van der Waals surface area contributed by atoms with Crippen LogP contribution in [0.15, 0.2) is 60.0 Å². The molecule has 0 saturated carbocycles. The number of carbonyl (C=O) groups excluding carboxylic acids is 1. The molecule has 2 heterocycles. The number of amides is 1. The average molecular weight is 278 g/mol. The first-order valence-electron chi connectivity index (χ1n) is 6.55. The van der Waals surface area contributed by atoms with Gasteiger partial charge >= 0.3 is 0 Å². The summed E-state index contributed by atoms with van der Waals surface area (Å²) in [6.07, 6.45) is 8.85. The molecule has 0 atom stereocenters. The van der Waals surface area contributed by atoms with Gasteiger partial charge in [-0.05, 0) is 24.3 Å². The second-order valence-corrected chi connectivity index (χ2v) is 4.61. The molecule has 0 spiro atoms. The Kier molecular flexibility index (Phi) is 3.47. The van der Waals surface area contributed by atoms with Crippen LogP contribution in [0, 0.1) is 0 Å². The Morgan fingerprint density at radius 2 is 2.14 bits per heavy atom. The molecule has 0 bridgehead atoms. The van der Waals surface area contributed by atoms with Crippen LogP contribution in [0.4, 0.5) is 5.69 Å². The van der Waals surface area contributed by atoms with Gasteiger partial charge in [0.25, 0.3) is 0 Å². The molecule has 2 N–H and O–H groups in total. The number of hydrogen-bond donors (Lipinski definition) is 1. The monoisotopic (exact) mass is 278 g/mol. The van der Waals surface area contributed by atoms with Crippen LogP contribution in [-0.4, -0.2) is 23.8 Å². The minimum Gasteiger partial charge on any atom is -0.366 e. The van der Waals surface area contributed by atoms with E-state index in [9.17, 15) is 4.79 Å². The maximum atomic E-state index is 11.8. The topological polar surface area (TPSA) is 71.6 Å². The molecular formula is C16H14N4O. The fourth-order valence-electron chi connectivity index (χ4n) is 2.35. The highest BCUT2D eigenvalue weighted by Crippen LogP contribution is 2.33. The van der Waals surface area contributed by atoms with E-state index in [0.29, 0.717) is 12.1 Å². The Morgan fingerprint density at radius 3 is 2.81 bits per heavy atom. The smallest absolute Gasteiger partial charge is 0.249 e. The standard InChI is InChI=1S/C16H14N4O/c17-16(21)13-5-1-6-14(20-9-3-8-19-11-20)15(13)12-4-2-7-18-10-12/h1-8,10-11H,9H2,(H2,17,21). The molecule has 5 nitrogen and oxygen atoms in total. The van der Waals surface area contributed by atoms with Crippen molar-refractivity contribution in [3.05, 3.63) is 60.6 Å². The maximum absolute atomic E-state index is 11.8. The van der Waals surface area contributed by atoms with Crippen LogP contribution in [-0.2, 0) is 0 Å². The number of nitrogens with zero attached hydrogens (tertiary/aromatic N) is 3. The zero-order valence-electron chi connectivity index (χ0n) is 11.3. The number of aromatic nitrogens is 1. The summed E-state index contributed by atoms with van der Waals surface area (Å²) in [5, 5.41) is 0. The molecule has 1 aromatic carbocycles. The Hall–Kier alpha value is -2.95. The molecule has 0 unspecified atom stereocenters. The molecule has 2 aromatic rings. The molecular weight excluding hydrogens is 264 g/mol. The van der Waals surface area contributed by atoms with E-state index in [1.807, 2.05) is 35.2 Å². The molecule has 3 rings (SSSR count). The fourth-order valence-corrected chi connectivity index (χ4v) is 2.35. The third-order valence-corrected chi connectivity index (χ3v) is 3.27. The summed E-state index contributed by atoms with van der Waals surface area (Å²) >= 11 is 0. The molecule has 1 aromatic heterocycles. The molecule has 0 aliphatic carbocycles. The average Bonchev–Trinajstić information content (AvgIpc) is 2.55. The Labute approximate surface area is 122 Å². The largest absolute Gasteiger partial charge is 0.366 e. The number of nitrogens with two attached hydrogens (primary N) is 1. The van der Waals surface area contributed by atoms with Gasteiger partial charge in [-0.3, -0.25) is 9.78 Å². The third kappa shape index (κ3) is 2.53. The molecule has 0 saturated heterocycles. The van der Waals surface area contributed by atoms with Crippen LogP contribution in [0.3, 0.4) is 0 Å². The fraction of sp³-hybridized carbons (Fsp3) is 0.0625. The van der Waals surface area contributed by atoms with E-state index in [1.165, 1.54) is 0 Å². The summed E-state index contributed by atoms with van der Waals surface area (Å²) in [5.41, 5.74) is 8.51. The highest BCUT2D eigenvalue weighted by molar-refractivity contribution is 6.05. The Balaban J connectivity index is 2.20. The summed E-state index contributed by atoms with van der Waals surface area (Å²) in [6, 6.07) is 9.24. The van der Waals surface area contributed by atoms with E-state index >= 15 is 0 Å². The molecule has 1 amide bonds. The quantitative estimate of drug-likeness (QED) is 0.935. The zero-order valence-corrected chi connectivity index (χ0v) is 11.3. The Bertz CT molecular complexity index is 722. The number of benzene rings is 1. The van der Waals surface area contributed by atoms with Gasteiger partial charge in [-0.2, -0.15) is 0 Å². The lowest BCUT2D eigenvalue weighted by atomic mass is 9.97. The van der Waals surface area contributed by atoms with Gasteiger partial charge in [0.05, 0.1) is 12.0 Å². The highest BCUT2D eigenvalue weighted by atomic mass is 16.1. The number of anilines is 1. The van der Waals surface area contributed by atoms with Gasteiger partial charge in [0.15, 0.2) is 0 Å². The normalized spacial score (nSPS) is 13.4. The van der Waals surface area contributed by atoms with Gasteiger partial charge in [-0.25, -0.2) is 4.99 Å². The summed E-state index contributed by atoms with van der Waals surface area (Å²) in [7, 11) is 0. The van der Waals surface area contributed by atoms with Gasteiger partial charge < -0.3 is 10.6 Å².